The van der Waals surface area contributed by atoms with Gasteiger partial charge in [-0.05, 0) is 152 Å². The van der Waals surface area contributed by atoms with Gasteiger partial charge in [0.05, 0.1) is 92.3 Å². The maximum atomic E-state index is 12.7. The van der Waals surface area contributed by atoms with Gasteiger partial charge in [-0.15, -0.1) is 0 Å². The Balaban J connectivity index is 0.000000129. The molecule has 0 bridgehead atoms. The fraction of sp³-hybridized carbons (Fsp3) is 0.301. The summed E-state index contributed by atoms with van der Waals surface area (Å²) in [6, 6.07) is 79.2. The van der Waals surface area contributed by atoms with Gasteiger partial charge in [0.25, 0.3) is 23.6 Å². The van der Waals surface area contributed by atoms with Gasteiger partial charge in [-0.1, -0.05) is 257 Å². The summed E-state index contributed by atoms with van der Waals surface area (Å²) < 4.78 is 93.1. The zero-order valence-electron chi connectivity index (χ0n) is 76.0. The molecule has 0 aliphatic carbocycles. The predicted molar refractivity (Wildman–Crippen MR) is 532 cm³/mol. The monoisotopic (exact) mass is 1820 g/mol. The average molecular weight is 1830 g/mol. The minimum Gasteiger partial charge on any atom is -0.268 e. The van der Waals surface area contributed by atoms with E-state index in [1.54, 1.807) is 30.8 Å². The first-order valence-electron chi connectivity index (χ1n) is 44.3. The lowest BCUT2D eigenvalue weighted by molar-refractivity contribution is 0.0999. The van der Waals surface area contributed by atoms with Crippen molar-refractivity contribution in [2.75, 3.05) is 63.5 Å². The summed E-state index contributed by atoms with van der Waals surface area (Å²) in [4.78, 5) is 76.8. The number of nitrogens with one attached hydrogen (secondary N) is 2. The summed E-state index contributed by atoms with van der Waals surface area (Å²) in [6.07, 6.45) is 14.6. The molecule has 20 rings (SSSR count). The molecule has 27 heteroatoms. The predicted octanol–water partition coefficient (Wildman–Crippen LogP) is 21.2. The number of sulfone groups is 1. The van der Waals surface area contributed by atoms with Gasteiger partial charge in [0.2, 0.25) is 30.1 Å². The summed E-state index contributed by atoms with van der Waals surface area (Å²) in [7, 11) is -11.8. The summed E-state index contributed by atoms with van der Waals surface area (Å²) in [5, 5.41) is 8.62. The van der Waals surface area contributed by atoms with E-state index in [4.69, 9.17) is 20.0 Å². The molecule has 4 amide bonds. The molecule has 0 aromatic heterocycles. The molecule has 2 N–H and O–H groups in total. The minimum absolute atomic E-state index is 0.00588. The van der Waals surface area contributed by atoms with Crippen molar-refractivity contribution in [2.45, 2.75) is 139 Å². The van der Waals surface area contributed by atoms with Gasteiger partial charge in [-0.25, -0.2) is 63.1 Å². The number of amidine groups is 4. The quantitative estimate of drug-likeness (QED) is 0.0720. The number of rotatable bonds is 20. The van der Waals surface area contributed by atoms with Crippen LogP contribution in [-0.2, 0) is 39.9 Å². The van der Waals surface area contributed by atoms with E-state index in [0.717, 1.165) is 207 Å². The number of sulfonamides is 3. The molecule has 23 nitrogen and oxygen atoms in total. The first-order chi connectivity index (χ1) is 62.1. The smallest absolute Gasteiger partial charge is 0.264 e. The van der Waals surface area contributed by atoms with E-state index in [2.05, 4.69) is 85.7 Å². The second kappa shape index (κ2) is 40.9. The lowest BCUT2D eigenvalue weighted by Gasteiger charge is -2.31. The van der Waals surface area contributed by atoms with E-state index in [1.165, 1.54) is 38.0 Å². The van der Waals surface area contributed by atoms with Crippen LogP contribution < -0.4 is 29.0 Å². The molecule has 12 aromatic carbocycles. The summed E-state index contributed by atoms with van der Waals surface area (Å²) in [5.41, 5.74) is 14.0. The van der Waals surface area contributed by atoms with Crippen molar-refractivity contribution in [3.63, 3.8) is 0 Å². The van der Waals surface area contributed by atoms with Gasteiger partial charge in [-0.3, -0.25) is 38.8 Å². The number of hydrogen-bond donors (Lipinski definition) is 2. The SMILES string of the molecule is CC(C)CCCC(C)CS(C)(=O)=O.CCC(C)N(C(C)CC)S(C)(=O)=O.CCCCC(CC)CNS(C)(=O)=O.CCNS(C)(=O)=O.O=C1c2ccccc2C2=Nc3cccc4cccc(c34)N12.O=C1c2ccccc2C2=Nc3cccc4cccc(c34)N12.O=C1c2ccccc2C2=Nc3cccc4cccc(c34)N12.O=C1c2ccccc2C2=Nc3cccc4cccc(c34)N12. The third kappa shape index (κ3) is 21.2. The number of aliphatic imine (C=N–C) groups is 4. The first-order valence-corrected chi connectivity index (χ1v) is 52.0. The maximum Gasteiger partial charge on any atom is 0.264 e. The van der Waals surface area contributed by atoms with Gasteiger partial charge in [0, 0.05) is 75.2 Å². The lowest BCUT2D eigenvalue weighted by Crippen LogP contribution is -2.43. The second-order valence-electron chi connectivity index (χ2n) is 34.0. The number of amides is 4. The molecule has 130 heavy (non-hydrogen) atoms. The Bertz CT molecular complexity index is 6300. The molecule has 4 unspecified atom stereocenters. The van der Waals surface area contributed by atoms with E-state index in [0.29, 0.717) is 30.7 Å². The molecular formula is C103H113N11O12S4. The standard InChI is InChI=1S/4C18H10N2O.C10H22O2S.2C9H21NO2S.C3H9NO2S/c4*21-18-13-8-2-1-7-12(13)17-19-14-9-3-5-11-6-4-10-15(16(11)14)20(17)18;1-9(2)6-5-7-10(3)8-13(4,11)12;1-6-8(3)10(9(4)7-2)13(5,11)12;1-4-6-7-9(5-2)8-10-13(3,11)12;1-3-4-7(2,5)6/h4*1-10H;9-10H,5-8H2,1-4H3;8-9H,6-7H2,1-5H3;9-10H,4-8H2,1-3H3;4H,3H2,1-2H3. The minimum atomic E-state index is -3.05. The van der Waals surface area contributed by atoms with E-state index in [1.807, 2.05) is 229 Å². The number of benzene rings is 12. The zero-order chi connectivity index (χ0) is 93.3. The molecule has 8 aliphatic rings. The van der Waals surface area contributed by atoms with Gasteiger partial charge >= 0.3 is 0 Å². The molecular weight excluding hydrogens is 1710 g/mol. The Morgan fingerprint density at radius 3 is 0.846 bits per heavy atom. The van der Waals surface area contributed by atoms with Crippen LogP contribution in [0.2, 0.25) is 0 Å². The Morgan fingerprint density at radius 2 is 0.615 bits per heavy atom. The highest BCUT2D eigenvalue weighted by Gasteiger charge is 2.42. The van der Waals surface area contributed by atoms with Gasteiger partial charge < -0.3 is 0 Å². The van der Waals surface area contributed by atoms with Crippen LogP contribution in [0, 0.1) is 17.8 Å². The number of fused-ring (bicyclic) bond motifs is 16. The first kappa shape index (κ1) is 95.5. The van der Waals surface area contributed by atoms with Crippen molar-refractivity contribution in [1.82, 2.24) is 13.7 Å². The molecule has 8 aliphatic heterocycles. The molecule has 0 radical (unpaired) electrons. The van der Waals surface area contributed by atoms with Crippen molar-refractivity contribution in [3.8, 4) is 0 Å². The van der Waals surface area contributed by atoms with Crippen molar-refractivity contribution in [2.24, 2.45) is 37.7 Å². The van der Waals surface area contributed by atoms with Crippen molar-refractivity contribution in [3.05, 3.63) is 287 Å². The molecule has 0 fully saturated rings. The van der Waals surface area contributed by atoms with Gasteiger partial charge in [-0.2, -0.15) is 4.31 Å². The molecule has 0 saturated carbocycles. The van der Waals surface area contributed by atoms with Crippen LogP contribution in [0.4, 0.5) is 45.5 Å². The molecule has 676 valence electrons. The van der Waals surface area contributed by atoms with Crippen molar-refractivity contribution in [1.29, 1.82) is 0 Å². The van der Waals surface area contributed by atoms with Crippen LogP contribution in [0.25, 0.3) is 43.1 Å². The van der Waals surface area contributed by atoms with Gasteiger partial charge in [0.1, 0.15) is 33.2 Å². The largest absolute Gasteiger partial charge is 0.268 e. The Hall–Kier alpha value is -12.1. The van der Waals surface area contributed by atoms with Crippen LogP contribution in [-0.4, -0.2) is 141 Å². The summed E-state index contributed by atoms with van der Waals surface area (Å²) in [5.74, 6) is 4.85. The number of anilines is 4. The Morgan fingerprint density at radius 1 is 0.331 bits per heavy atom. The molecule has 0 saturated heterocycles. The highest BCUT2D eigenvalue weighted by atomic mass is 32.2. The Labute approximate surface area is 764 Å². The molecule has 8 heterocycles. The normalized spacial score (nSPS) is 15.0. The van der Waals surface area contributed by atoms with Crippen molar-refractivity contribution >= 4 is 175 Å². The topological polar surface area (TPSA) is 295 Å². The zero-order valence-corrected chi connectivity index (χ0v) is 79.3. The molecule has 0 spiro atoms. The maximum absolute atomic E-state index is 12.7. The number of carbonyl (C=O) groups is 4. The van der Waals surface area contributed by atoms with Crippen LogP contribution in [0.1, 0.15) is 191 Å². The fourth-order valence-corrected chi connectivity index (χ4v) is 21.2. The van der Waals surface area contributed by atoms with Gasteiger partial charge in [0.15, 0.2) is 0 Å². The second-order valence-corrected chi connectivity index (χ2v) is 41.8. The highest BCUT2D eigenvalue weighted by molar-refractivity contribution is 7.90. The van der Waals surface area contributed by atoms with E-state index in [9.17, 15) is 52.8 Å². The van der Waals surface area contributed by atoms with E-state index < -0.39 is 39.9 Å². The highest BCUT2D eigenvalue weighted by Crippen LogP contribution is 2.48. The van der Waals surface area contributed by atoms with E-state index in [-0.39, 0.29) is 35.7 Å². The number of carbonyl (C=O) groups excluding carboxylic acids is 4. The third-order valence-corrected chi connectivity index (χ3v) is 27.8. The van der Waals surface area contributed by atoms with Crippen LogP contribution in [0.5, 0.6) is 0 Å². The van der Waals surface area contributed by atoms with E-state index >= 15 is 0 Å². The van der Waals surface area contributed by atoms with Crippen molar-refractivity contribution < 1.29 is 52.8 Å². The average Bonchev–Trinajstić information content (AvgIpc) is 1.57. The fourth-order valence-electron chi connectivity index (χ4n) is 17.3. The summed E-state index contributed by atoms with van der Waals surface area (Å²) in [6.45, 7) is 21.4. The number of nitrogens with zero attached hydrogens (tertiary/aromatic N) is 9. The number of hydrogen-bond acceptors (Lipinski definition) is 16. The molecule has 12 aromatic rings. The lowest BCUT2D eigenvalue weighted by atomic mass is 10.00. The van der Waals surface area contributed by atoms with Crippen LogP contribution >= 0.6 is 0 Å². The third-order valence-electron chi connectivity index (χ3n) is 23.6. The van der Waals surface area contributed by atoms with Crippen LogP contribution in [0.15, 0.2) is 263 Å². The van der Waals surface area contributed by atoms with Crippen LogP contribution in [0.3, 0.4) is 0 Å². The molecule has 4 atom stereocenters. The Kier molecular flexibility index (Phi) is 30.1. The summed E-state index contributed by atoms with van der Waals surface area (Å²) >= 11 is 0. The number of unbranched alkanes of at least 4 members (excludes halogenated alkanes) is 1.